The van der Waals surface area contributed by atoms with E-state index in [4.69, 9.17) is 17.3 Å². The van der Waals surface area contributed by atoms with Gasteiger partial charge in [0.2, 0.25) is 11.8 Å². The van der Waals surface area contributed by atoms with E-state index in [-0.39, 0.29) is 12.3 Å². The third kappa shape index (κ3) is 6.10. The molecule has 21 heavy (non-hydrogen) atoms. The summed E-state index contributed by atoms with van der Waals surface area (Å²) in [5, 5.41) is 12.5. The first-order chi connectivity index (χ1) is 9.79. The van der Waals surface area contributed by atoms with Gasteiger partial charge in [0.15, 0.2) is 0 Å². The molecule has 116 valence electrons. The van der Waals surface area contributed by atoms with Crippen molar-refractivity contribution in [3.8, 4) is 0 Å². The number of aliphatic hydroxyl groups excluding tert-OH is 1. The van der Waals surface area contributed by atoms with Crippen LogP contribution in [0.1, 0.15) is 25.8 Å². The molecule has 2 atom stereocenters. The van der Waals surface area contributed by atoms with Gasteiger partial charge in [-0.15, -0.1) is 0 Å². The third-order valence-electron chi connectivity index (χ3n) is 2.89. The number of pyridine rings is 1. The molecule has 0 aromatic carbocycles. The second kappa shape index (κ2) is 7.95. The molecule has 4 N–H and O–H groups in total. The van der Waals surface area contributed by atoms with Gasteiger partial charge in [-0.1, -0.05) is 31.5 Å². The quantitative estimate of drug-likeness (QED) is 0.643. The smallest absolute Gasteiger partial charge is 0.249 e. The number of hydrogen-bond donors (Lipinski definition) is 3. The Balaban J connectivity index is 2.67. The van der Waals surface area contributed by atoms with Crippen molar-refractivity contribution in [2.24, 2.45) is 11.7 Å². The van der Waals surface area contributed by atoms with Crippen molar-refractivity contribution in [1.29, 1.82) is 0 Å². The summed E-state index contributed by atoms with van der Waals surface area (Å²) in [6.45, 7) is 3.78. The summed E-state index contributed by atoms with van der Waals surface area (Å²) in [4.78, 5) is 27.2. The Morgan fingerprint density at radius 1 is 1.43 bits per heavy atom. The zero-order valence-corrected chi connectivity index (χ0v) is 12.8. The Bertz CT molecular complexity index is 491. The van der Waals surface area contributed by atoms with Crippen molar-refractivity contribution in [3.05, 3.63) is 29.0 Å². The summed E-state index contributed by atoms with van der Waals surface area (Å²) in [6, 6.07) is 2.38. The van der Waals surface area contributed by atoms with Crippen molar-refractivity contribution < 1.29 is 14.7 Å². The summed E-state index contributed by atoms with van der Waals surface area (Å²) >= 11 is 5.68. The minimum atomic E-state index is -1.16. The van der Waals surface area contributed by atoms with Crippen LogP contribution < -0.4 is 11.1 Å². The van der Waals surface area contributed by atoms with Gasteiger partial charge in [-0.05, 0) is 24.0 Å². The van der Waals surface area contributed by atoms with Gasteiger partial charge in [0.1, 0.15) is 17.3 Å². The second-order valence-electron chi connectivity index (χ2n) is 5.30. The highest BCUT2D eigenvalue weighted by Gasteiger charge is 2.23. The molecule has 1 heterocycles. The Labute approximate surface area is 128 Å². The zero-order valence-electron chi connectivity index (χ0n) is 12.0. The van der Waals surface area contributed by atoms with Crippen LogP contribution in [0.2, 0.25) is 5.15 Å². The molecule has 0 bridgehead atoms. The van der Waals surface area contributed by atoms with Crippen LogP contribution in [0.15, 0.2) is 18.3 Å². The van der Waals surface area contributed by atoms with Gasteiger partial charge in [0, 0.05) is 12.6 Å². The summed E-state index contributed by atoms with van der Waals surface area (Å²) in [5.74, 6) is -1.11. The van der Waals surface area contributed by atoms with Crippen molar-refractivity contribution >= 4 is 23.4 Å². The van der Waals surface area contributed by atoms with Gasteiger partial charge < -0.3 is 16.2 Å². The van der Waals surface area contributed by atoms with E-state index < -0.39 is 24.0 Å². The van der Waals surface area contributed by atoms with Gasteiger partial charge in [0.25, 0.3) is 0 Å². The number of nitrogens with zero attached hydrogens (tertiary/aromatic N) is 1. The Kier molecular flexibility index (Phi) is 6.58. The molecular formula is C14H20ClN3O3. The standard InChI is InChI=1S/C14H20ClN3O3/c1-8(2)5-11(19)14(21)18-10(13(16)20)6-9-3-4-12(15)17-7-9/h3-4,7-8,10-11,19H,5-6H2,1-2H3,(H2,16,20)(H,18,21)/t10-,11+/m0/s1. The Morgan fingerprint density at radius 3 is 2.57 bits per heavy atom. The maximum absolute atomic E-state index is 11.8. The molecule has 0 unspecified atom stereocenters. The van der Waals surface area contributed by atoms with E-state index in [1.807, 2.05) is 13.8 Å². The molecule has 0 spiro atoms. The van der Waals surface area contributed by atoms with Crippen LogP contribution in [0.5, 0.6) is 0 Å². The second-order valence-corrected chi connectivity index (χ2v) is 5.69. The van der Waals surface area contributed by atoms with Crippen molar-refractivity contribution in [2.75, 3.05) is 0 Å². The molecule has 0 saturated carbocycles. The first-order valence-electron chi connectivity index (χ1n) is 6.67. The van der Waals surface area contributed by atoms with E-state index in [2.05, 4.69) is 10.3 Å². The number of primary amides is 1. The lowest BCUT2D eigenvalue weighted by Crippen LogP contribution is -2.49. The van der Waals surface area contributed by atoms with E-state index in [0.717, 1.165) is 0 Å². The van der Waals surface area contributed by atoms with E-state index in [0.29, 0.717) is 17.1 Å². The number of carbonyl (C=O) groups excluding carboxylic acids is 2. The number of carbonyl (C=O) groups is 2. The lowest BCUT2D eigenvalue weighted by atomic mass is 10.0. The maximum atomic E-state index is 11.8. The van der Waals surface area contributed by atoms with Crippen LogP contribution in [0.4, 0.5) is 0 Å². The molecule has 1 aromatic rings. The summed E-state index contributed by atoms with van der Waals surface area (Å²) in [5.41, 5.74) is 5.99. The minimum absolute atomic E-state index is 0.165. The van der Waals surface area contributed by atoms with Crippen LogP contribution in [0.25, 0.3) is 0 Å². The molecular weight excluding hydrogens is 294 g/mol. The highest BCUT2D eigenvalue weighted by molar-refractivity contribution is 6.29. The molecule has 0 aliphatic carbocycles. The molecule has 6 nitrogen and oxygen atoms in total. The molecule has 1 aromatic heterocycles. The van der Waals surface area contributed by atoms with Crippen molar-refractivity contribution in [2.45, 2.75) is 38.8 Å². The lowest BCUT2D eigenvalue weighted by molar-refractivity contribution is -0.133. The normalized spacial score (nSPS) is 13.8. The number of amides is 2. The summed E-state index contributed by atoms with van der Waals surface area (Å²) in [6.07, 6.45) is 0.865. The van der Waals surface area contributed by atoms with Crippen LogP contribution >= 0.6 is 11.6 Å². The Morgan fingerprint density at radius 2 is 2.10 bits per heavy atom. The van der Waals surface area contributed by atoms with Crippen LogP contribution in [-0.2, 0) is 16.0 Å². The fraction of sp³-hybridized carbons (Fsp3) is 0.500. The van der Waals surface area contributed by atoms with Gasteiger partial charge in [-0.2, -0.15) is 0 Å². The average Bonchev–Trinajstić information content (AvgIpc) is 2.39. The Hall–Kier alpha value is -1.66. The number of halogens is 1. The predicted molar refractivity (Wildman–Crippen MR) is 79.5 cm³/mol. The molecule has 0 saturated heterocycles. The molecule has 0 radical (unpaired) electrons. The number of hydrogen-bond acceptors (Lipinski definition) is 4. The summed E-state index contributed by atoms with van der Waals surface area (Å²) in [7, 11) is 0. The third-order valence-corrected chi connectivity index (χ3v) is 3.11. The molecule has 0 fully saturated rings. The zero-order chi connectivity index (χ0) is 16.0. The molecule has 0 aliphatic rings. The van der Waals surface area contributed by atoms with Gasteiger partial charge in [-0.25, -0.2) is 4.98 Å². The maximum Gasteiger partial charge on any atom is 0.249 e. The van der Waals surface area contributed by atoms with Crippen LogP contribution in [-0.4, -0.2) is 34.1 Å². The van der Waals surface area contributed by atoms with E-state index in [9.17, 15) is 14.7 Å². The number of nitrogens with two attached hydrogens (primary N) is 1. The average molecular weight is 314 g/mol. The van der Waals surface area contributed by atoms with Crippen molar-refractivity contribution in [3.63, 3.8) is 0 Å². The summed E-state index contributed by atoms with van der Waals surface area (Å²) < 4.78 is 0. The van der Waals surface area contributed by atoms with Crippen molar-refractivity contribution in [1.82, 2.24) is 10.3 Å². The molecule has 1 rings (SSSR count). The minimum Gasteiger partial charge on any atom is -0.383 e. The fourth-order valence-corrected chi connectivity index (χ4v) is 1.92. The fourth-order valence-electron chi connectivity index (χ4n) is 1.81. The predicted octanol–water partition coefficient (Wildman–Crippen LogP) is 0.655. The lowest BCUT2D eigenvalue weighted by Gasteiger charge is -2.19. The number of rotatable bonds is 7. The van der Waals surface area contributed by atoms with E-state index in [1.54, 1.807) is 12.1 Å². The monoisotopic (exact) mass is 313 g/mol. The topological polar surface area (TPSA) is 105 Å². The van der Waals surface area contributed by atoms with Gasteiger partial charge in [0.05, 0.1) is 0 Å². The highest BCUT2D eigenvalue weighted by Crippen LogP contribution is 2.09. The number of aliphatic hydroxyl groups is 1. The molecule has 0 aliphatic heterocycles. The SMILES string of the molecule is CC(C)C[C@@H](O)C(=O)N[C@@H](Cc1ccc(Cl)nc1)C(N)=O. The van der Waals surface area contributed by atoms with E-state index in [1.165, 1.54) is 6.20 Å². The van der Waals surface area contributed by atoms with Gasteiger partial charge in [-0.3, -0.25) is 9.59 Å². The first kappa shape index (κ1) is 17.4. The van der Waals surface area contributed by atoms with E-state index >= 15 is 0 Å². The van der Waals surface area contributed by atoms with Gasteiger partial charge >= 0.3 is 0 Å². The highest BCUT2D eigenvalue weighted by atomic mass is 35.5. The molecule has 2 amide bonds. The molecule has 7 heteroatoms. The van der Waals surface area contributed by atoms with Crippen LogP contribution in [0, 0.1) is 5.92 Å². The number of aromatic nitrogens is 1. The van der Waals surface area contributed by atoms with Crippen LogP contribution in [0.3, 0.4) is 0 Å². The largest absolute Gasteiger partial charge is 0.383 e. The first-order valence-corrected chi connectivity index (χ1v) is 7.05. The number of nitrogens with one attached hydrogen (secondary N) is 1.